The van der Waals surface area contributed by atoms with Crippen molar-refractivity contribution in [1.82, 2.24) is 0 Å². The lowest BCUT2D eigenvalue weighted by molar-refractivity contribution is 0.0695. The molecular weight excluding hydrogens is 190 g/mol. The Bertz CT molecular complexity index is 405. The highest BCUT2D eigenvalue weighted by atomic mass is 16.4. The summed E-state index contributed by atoms with van der Waals surface area (Å²) in [6.45, 7) is 1.98. The molecule has 1 N–H and O–H groups in total. The van der Waals surface area contributed by atoms with Gasteiger partial charge in [-0.1, -0.05) is 19.1 Å². The van der Waals surface area contributed by atoms with E-state index >= 15 is 0 Å². The summed E-state index contributed by atoms with van der Waals surface area (Å²) < 4.78 is 0. The van der Waals surface area contributed by atoms with Gasteiger partial charge in [-0.15, -0.1) is 0 Å². The van der Waals surface area contributed by atoms with Gasteiger partial charge in [-0.3, -0.25) is 0 Å². The fourth-order valence-corrected chi connectivity index (χ4v) is 1.45. The molecule has 0 aliphatic heterocycles. The molecule has 0 atom stereocenters. The van der Waals surface area contributed by atoms with Crippen LogP contribution in [0, 0.1) is 11.3 Å². The van der Waals surface area contributed by atoms with E-state index in [1.54, 1.807) is 12.1 Å². The van der Waals surface area contributed by atoms with Crippen molar-refractivity contribution in [1.29, 1.82) is 5.26 Å². The van der Waals surface area contributed by atoms with E-state index in [0.717, 1.165) is 17.5 Å². The summed E-state index contributed by atoms with van der Waals surface area (Å²) in [5.74, 6) is -0.918. The second-order valence-corrected chi connectivity index (χ2v) is 3.31. The lowest BCUT2D eigenvalue weighted by atomic mass is 9.99. The van der Waals surface area contributed by atoms with Gasteiger partial charge in [0, 0.05) is 6.42 Å². The lowest BCUT2D eigenvalue weighted by Crippen LogP contribution is -2.03. The van der Waals surface area contributed by atoms with Crippen LogP contribution in [0.25, 0.3) is 0 Å². The maximum Gasteiger partial charge on any atom is 0.335 e. The Morgan fingerprint density at radius 1 is 1.53 bits per heavy atom. The molecule has 3 heteroatoms. The summed E-state index contributed by atoms with van der Waals surface area (Å²) in [6.07, 6.45) is 1.67. The number of hydrogen-bond donors (Lipinski definition) is 1. The molecular formula is C12H13NO2. The van der Waals surface area contributed by atoms with Crippen molar-refractivity contribution in [2.24, 2.45) is 0 Å². The van der Waals surface area contributed by atoms with Crippen molar-refractivity contribution >= 4 is 5.97 Å². The Morgan fingerprint density at radius 3 is 2.80 bits per heavy atom. The average molecular weight is 203 g/mol. The zero-order chi connectivity index (χ0) is 11.3. The van der Waals surface area contributed by atoms with Crippen molar-refractivity contribution in [3.8, 4) is 6.07 Å². The second-order valence-electron chi connectivity index (χ2n) is 3.31. The summed E-state index contributed by atoms with van der Waals surface area (Å²) in [7, 11) is 0. The van der Waals surface area contributed by atoms with Crippen molar-refractivity contribution in [2.75, 3.05) is 0 Å². The van der Waals surface area contributed by atoms with Gasteiger partial charge in [0.2, 0.25) is 0 Å². The van der Waals surface area contributed by atoms with Crippen LogP contribution in [-0.4, -0.2) is 11.1 Å². The predicted octanol–water partition coefficient (Wildman–Crippen LogP) is 2.40. The van der Waals surface area contributed by atoms with Gasteiger partial charge in [0.15, 0.2) is 0 Å². The van der Waals surface area contributed by atoms with E-state index in [4.69, 9.17) is 10.4 Å². The summed E-state index contributed by atoms with van der Waals surface area (Å²) in [4.78, 5) is 11.0. The van der Waals surface area contributed by atoms with E-state index in [9.17, 15) is 4.79 Å². The lowest BCUT2D eigenvalue weighted by Gasteiger charge is -2.06. The van der Waals surface area contributed by atoms with Gasteiger partial charge in [-0.25, -0.2) is 4.79 Å². The molecule has 3 nitrogen and oxygen atoms in total. The van der Waals surface area contributed by atoms with E-state index in [1.807, 2.05) is 19.1 Å². The van der Waals surface area contributed by atoms with Gasteiger partial charge in [0.25, 0.3) is 0 Å². The number of benzene rings is 1. The molecule has 0 heterocycles. The third-order valence-corrected chi connectivity index (χ3v) is 2.32. The fourth-order valence-electron chi connectivity index (χ4n) is 1.45. The number of carboxylic acid groups (broad SMARTS) is 1. The Hall–Kier alpha value is -1.82. The van der Waals surface area contributed by atoms with Gasteiger partial charge < -0.3 is 5.11 Å². The molecule has 0 radical (unpaired) electrons. The van der Waals surface area contributed by atoms with Crippen molar-refractivity contribution in [3.63, 3.8) is 0 Å². The minimum absolute atomic E-state index is 0.324. The molecule has 0 saturated heterocycles. The standard InChI is InChI=1S/C12H13NO2/c1-2-9-5-6-10(4-3-7-13)11(8-9)12(14)15/h5-6,8H,2-4H2,1H3,(H,14,15). The summed E-state index contributed by atoms with van der Waals surface area (Å²) in [5.41, 5.74) is 2.07. The van der Waals surface area contributed by atoms with Crippen LogP contribution in [0.3, 0.4) is 0 Å². The third kappa shape index (κ3) is 2.81. The number of hydrogen-bond acceptors (Lipinski definition) is 2. The monoisotopic (exact) mass is 203 g/mol. The Balaban J connectivity index is 3.05. The first-order valence-electron chi connectivity index (χ1n) is 4.91. The Kier molecular flexibility index (Phi) is 3.87. The smallest absolute Gasteiger partial charge is 0.335 e. The third-order valence-electron chi connectivity index (χ3n) is 2.32. The number of aryl methyl sites for hydroxylation is 2. The summed E-state index contributed by atoms with van der Waals surface area (Å²) in [6, 6.07) is 7.43. The molecule has 1 rings (SSSR count). The number of carboxylic acids is 1. The molecule has 1 aromatic carbocycles. The van der Waals surface area contributed by atoms with Gasteiger partial charge in [0.05, 0.1) is 11.6 Å². The molecule has 0 aromatic heterocycles. The van der Waals surface area contributed by atoms with Crippen LogP contribution < -0.4 is 0 Å². The molecule has 15 heavy (non-hydrogen) atoms. The number of carbonyl (C=O) groups is 1. The highest BCUT2D eigenvalue weighted by Crippen LogP contribution is 2.14. The fraction of sp³-hybridized carbons (Fsp3) is 0.333. The van der Waals surface area contributed by atoms with Crippen molar-refractivity contribution in [3.05, 3.63) is 34.9 Å². The molecule has 78 valence electrons. The molecule has 0 spiro atoms. The summed E-state index contributed by atoms with van der Waals surface area (Å²) in [5, 5.41) is 17.5. The number of nitriles is 1. The van der Waals surface area contributed by atoms with E-state index < -0.39 is 5.97 Å². The van der Waals surface area contributed by atoms with Crippen LogP contribution in [-0.2, 0) is 12.8 Å². The molecule has 0 aliphatic carbocycles. The Labute approximate surface area is 89.0 Å². The van der Waals surface area contributed by atoms with Crippen LogP contribution in [0.4, 0.5) is 0 Å². The van der Waals surface area contributed by atoms with E-state index in [0.29, 0.717) is 18.4 Å². The maximum absolute atomic E-state index is 11.0. The molecule has 0 saturated carbocycles. The van der Waals surface area contributed by atoms with Crippen LogP contribution in [0.15, 0.2) is 18.2 Å². The highest BCUT2D eigenvalue weighted by molar-refractivity contribution is 5.89. The van der Waals surface area contributed by atoms with E-state index in [2.05, 4.69) is 0 Å². The largest absolute Gasteiger partial charge is 0.478 e. The predicted molar refractivity (Wildman–Crippen MR) is 56.7 cm³/mol. The second kappa shape index (κ2) is 5.16. The van der Waals surface area contributed by atoms with Gasteiger partial charge >= 0.3 is 5.97 Å². The summed E-state index contributed by atoms with van der Waals surface area (Å²) >= 11 is 0. The van der Waals surface area contributed by atoms with E-state index in [1.165, 1.54) is 0 Å². The minimum atomic E-state index is -0.918. The molecule has 1 aromatic rings. The van der Waals surface area contributed by atoms with Gasteiger partial charge in [-0.2, -0.15) is 5.26 Å². The average Bonchev–Trinajstić information content (AvgIpc) is 2.26. The first-order valence-corrected chi connectivity index (χ1v) is 4.91. The van der Waals surface area contributed by atoms with E-state index in [-0.39, 0.29) is 0 Å². The van der Waals surface area contributed by atoms with Gasteiger partial charge in [0.1, 0.15) is 0 Å². The quantitative estimate of drug-likeness (QED) is 0.817. The zero-order valence-corrected chi connectivity index (χ0v) is 8.66. The van der Waals surface area contributed by atoms with Crippen molar-refractivity contribution in [2.45, 2.75) is 26.2 Å². The van der Waals surface area contributed by atoms with Crippen LogP contribution in [0.2, 0.25) is 0 Å². The number of nitrogens with zero attached hydrogens (tertiary/aromatic N) is 1. The van der Waals surface area contributed by atoms with Crippen LogP contribution >= 0.6 is 0 Å². The Morgan fingerprint density at radius 2 is 2.27 bits per heavy atom. The number of aromatic carboxylic acids is 1. The van der Waals surface area contributed by atoms with Crippen LogP contribution in [0.1, 0.15) is 34.8 Å². The zero-order valence-electron chi connectivity index (χ0n) is 8.66. The maximum atomic E-state index is 11.0. The topological polar surface area (TPSA) is 61.1 Å². The molecule has 0 unspecified atom stereocenters. The SMILES string of the molecule is CCc1ccc(CCC#N)c(C(=O)O)c1. The minimum Gasteiger partial charge on any atom is -0.478 e. The number of rotatable bonds is 4. The molecule has 0 aliphatic rings. The van der Waals surface area contributed by atoms with Gasteiger partial charge in [-0.05, 0) is 30.0 Å². The van der Waals surface area contributed by atoms with Crippen molar-refractivity contribution < 1.29 is 9.90 Å². The molecule has 0 bridgehead atoms. The van der Waals surface area contributed by atoms with Crippen LogP contribution in [0.5, 0.6) is 0 Å². The first-order chi connectivity index (χ1) is 7.19. The first kappa shape index (κ1) is 11.3. The normalized spacial score (nSPS) is 9.60. The molecule has 0 fully saturated rings. The highest BCUT2D eigenvalue weighted by Gasteiger charge is 2.09. The molecule has 0 amide bonds.